The Morgan fingerprint density at radius 1 is 1.11 bits per heavy atom. The monoisotopic (exact) mass is 530 g/mol. The van der Waals surface area contributed by atoms with Crippen LogP contribution in [0.4, 0.5) is 16.5 Å². The second kappa shape index (κ2) is 12.5. The zero-order valence-electron chi connectivity index (χ0n) is 19.3. The number of β-amino-alcohol motifs (C(OH)–C–C–N with tert-alkyl or cyclic N) is 1. The fraction of sp³-hybridized carbons (Fsp3) is 0.304. The van der Waals surface area contributed by atoms with Crippen molar-refractivity contribution in [1.82, 2.24) is 9.88 Å². The predicted molar refractivity (Wildman–Crippen MR) is 134 cm³/mol. The van der Waals surface area contributed by atoms with E-state index in [2.05, 4.69) is 15.2 Å². The fourth-order valence-electron chi connectivity index (χ4n) is 3.44. The molecule has 1 aliphatic rings. The lowest BCUT2D eigenvalue weighted by Gasteiger charge is -2.26. The maximum Gasteiger partial charge on any atom is 0.271 e. The molecule has 1 aromatic carbocycles. The molecule has 188 valence electrons. The highest BCUT2D eigenvalue weighted by Crippen LogP contribution is 2.35. The lowest BCUT2D eigenvalue weighted by atomic mass is 9.95. The van der Waals surface area contributed by atoms with Crippen molar-refractivity contribution in [3.63, 3.8) is 0 Å². The van der Waals surface area contributed by atoms with Crippen LogP contribution in [0.25, 0.3) is 6.08 Å². The molecule has 0 radical (unpaired) electrons. The molecule has 0 fully saturated rings. The Hall–Kier alpha value is -3.47. The van der Waals surface area contributed by atoms with Gasteiger partial charge in [-0.25, -0.2) is 4.98 Å². The van der Waals surface area contributed by atoms with Crippen molar-refractivity contribution in [2.45, 2.75) is 6.92 Å². The van der Waals surface area contributed by atoms with Gasteiger partial charge < -0.3 is 20.2 Å². The summed E-state index contributed by atoms with van der Waals surface area (Å²) in [6, 6.07) is 8.85. The third-order valence-corrected chi connectivity index (χ3v) is 6.52. The number of halogens is 1. The van der Waals surface area contributed by atoms with E-state index in [4.69, 9.17) is 11.6 Å². The van der Waals surface area contributed by atoms with Crippen LogP contribution in [-0.2, 0) is 9.59 Å². The van der Waals surface area contributed by atoms with Gasteiger partial charge in [0.1, 0.15) is 16.8 Å². The molecule has 0 spiro atoms. The summed E-state index contributed by atoms with van der Waals surface area (Å²) in [5.74, 6) is -1.40. The van der Waals surface area contributed by atoms with Gasteiger partial charge in [-0.3, -0.25) is 14.5 Å². The van der Waals surface area contributed by atoms with Crippen LogP contribution < -0.4 is 4.90 Å². The Morgan fingerprint density at radius 2 is 1.78 bits per heavy atom. The molecule has 13 heteroatoms. The van der Waals surface area contributed by atoms with Crippen LogP contribution in [0.3, 0.4) is 0 Å². The Balaban J connectivity index is 1.85. The van der Waals surface area contributed by atoms with Crippen LogP contribution in [0, 0.1) is 11.3 Å². The molecule has 2 amide bonds. The quantitative estimate of drug-likeness (QED) is 0.240. The number of carbonyl (C=O) groups excluding carboxylic acids is 2. The van der Waals surface area contributed by atoms with E-state index in [-0.39, 0.29) is 46.8 Å². The first-order valence-corrected chi connectivity index (χ1v) is 12.0. The number of hydrogen-bond acceptors (Lipinski definition) is 11. The topological polar surface area (TPSA) is 163 Å². The van der Waals surface area contributed by atoms with Gasteiger partial charge in [-0.15, -0.1) is 10.2 Å². The molecule has 0 unspecified atom stereocenters. The van der Waals surface area contributed by atoms with Crippen LogP contribution in [-0.4, -0.2) is 76.5 Å². The lowest BCUT2D eigenvalue weighted by molar-refractivity contribution is -0.140. The standard InChI is InChI=1S/C23H23ClN6O5S/c1-14-17(21(34)30(8-11-33)22(35)18(14)13-25)12-19-20(24)26-23(36-19)28-27-15-2-4-16(5-3-15)29(6-9-31)7-10-32/h2-5,12,31-33H,6-11H2,1H3/b17-12+,28-27?. The summed E-state index contributed by atoms with van der Waals surface area (Å²) in [6.07, 6.45) is 1.44. The largest absolute Gasteiger partial charge is 0.395 e. The number of aliphatic hydroxyl groups is 3. The number of aromatic nitrogens is 1. The average Bonchev–Trinajstić information content (AvgIpc) is 3.22. The van der Waals surface area contributed by atoms with Crippen LogP contribution in [0.5, 0.6) is 0 Å². The number of aliphatic hydroxyl groups excluding tert-OH is 3. The molecule has 1 aliphatic heterocycles. The SMILES string of the molecule is CC1=C(C#N)C(=O)N(CCO)C(=O)/C1=C/c1sc(N=Nc2ccc(N(CCO)CCO)cc2)nc1Cl. The van der Waals surface area contributed by atoms with Crippen molar-refractivity contribution in [1.29, 1.82) is 5.26 Å². The van der Waals surface area contributed by atoms with Gasteiger partial charge in [0.05, 0.1) is 36.9 Å². The lowest BCUT2D eigenvalue weighted by Crippen LogP contribution is -2.44. The number of thiazole rings is 1. The van der Waals surface area contributed by atoms with Gasteiger partial charge in [-0.2, -0.15) is 5.26 Å². The van der Waals surface area contributed by atoms with Gasteiger partial charge in [0.15, 0.2) is 0 Å². The number of carbonyl (C=O) groups is 2. The van der Waals surface area contributed by atoms with Crippen LogP contribution in [0.15, 0.2) is 51.2 Å². The van der Waals surface area contributed by atoms with E-state index in [9.17, 15) is 30.2 Å². The minimum Gasteiger partial charge on any atom is -0.395 e. The van der Waals surface area contributed by atoms with Crippen molar-refractivity contribution >= 4 is 57.3 Å². The first-order chi connectivity index (χ1) is 17.3. The summed E-state index contributed by atoms with van der Waals surface area (Å²) in [6.45, 7) is 1.51. The van der Waals surface area contributed by atoms with Crippen LogP contribution in [0.2, 0.25) is 5.15 Å². The zero-order valence-corrected chi connectivity index (χ0v) is 20.8. The Kier molecular flexibility index (Phi) is 9.40. The summed E-state index contributed by atoms with van der Waals surface area (Å²) in [5.41, 5.74) is 1.48. The van der Waals surface area contributed by atoms with Crippen molar-refractivity contribution in [3.8, 4) is 6.07 Å². The summed E-state index contributed by atoms with van der Waals surface area (Å²) in [7, 11) is 0. The maximum absolute atomic E-state index is 12.8. The zero-order chi connectivity index (χ0) is 26.2. The van der Waals surface area contributed by atoms with E-state index < -0.39 is 18.4 Å². The number of nitrogens with zero attached hydrogens (tertiary/aromatic N) is 6. The molecule has 3 rings (SSSR count). The third kappa shape index (κ3) is 6.01. The van der Waals surface area contributed by atoms with Gasteiger partial charge in [0.25, 0.3) is 11.8 Å². The highest BCUT2D eigenvalue weighted by molar-refractivity contribution is 7.16. The van der Waals surface area contributed by atoms with Gasteiger partial charge >= 0.3 is 0 Å². The molecule has 3 N–H and O–H groups in total. The summed E-state index contributed by atoms with van der Waals surface area (Å²) < 4.78 is 0. The number of amides is 2. The smallest absolute Gasteiger partial charge is 0.271 e. The van der Waals surface area contributed by atoms with E-state index in [0.29, 0.717) is 23.7 Å². The van der Waals surface area contributed by atoms with Crippen molar-refractivity contribution in [2.24, 2.45) is 10.2 Å². The minimum absolute atomic E-state index is 0.0424. The van der Waals surface area contributed by atoms with E-state index >= 15 is 0 Å². The number of nitriles is 1. The van der Waals surface area contributed by atoms with Crippen molar-refractivity contribution in [2.75, 3.05) is 44.4 Å². The highest BCUT2D eigenvalue weighted by atomic mass is 35.5. The molecule has 0 saturated carbocycles. The number of rotatable bonds is 10. The second-order valence-corrected chi connectivity index (χ2v) is 8.82. The average molecular weight is 531 g/mol. The van der Waals surface area contributed by atoms with Gasteiger partial charge in [0.2, 0.25) is 5.13 Å². The highest BCUT2D eigenvalue weighted by Gasteiger charge is 2.35. The molecule has 0 bridgehead atoms. The Morgan fingerprint density at radius 3 is 2.36 bits per heavy atom. The van der Waals surface area contributed by atoms with Crippen molar-refractivity contribution < 1.29 is 24.9 Å². The van der Waals surface area contributed by atoms with E-state index in [0.717, 1.165) is 21.9 Å². The molecule has 0 atom stereocenters. The number of benzene rings is 1. The normalized spacial score (nSPS) is 15.3. The fourth-order valence-corrected chi connectivity index (χ4v) is 4.46. The van der Waals surface area contributed by atoms with Gasteiger partial charge in [-0.1, -0.05) is 22.9 Å². The molecule has 0 saturated heterocycles. The van der Waals surface area contributed by atoms with E-state index in [1.807, 2.05) is 11.0 Å². The van der Waals surface area contributed by atoms with Crippen LogP contribution >= 0.6 is 22.9 Å². The first-order valence-electron chi connectivity index (χ1n) is 10.8. The van der Waals surface area contributed by atoms with Gasteiger partial charge in [0, 0.05) is 24.4 Å². The van der Waals surface area contributed by atoms with Crippen LogP contribution in [0.1, 0.15) is 11.8 Å². The Bertz CT molecular complexity index is 1260. The molecular formula is C23H23ClN6O5S. The molecular weight excluding hydrogens is 508 g/mol. The van der Waals surface area contributed by atoms with Crippen molar-refractivity contribution in [3.05, 3.63) is 51.0 Å². The number of imide groups is 1. The van der Waals surface area contributed by atoms with E-state index in [1.54, 1.807) is 24.3 Å². The second-order valence-electron chi connectivity index (χ2n) is 7.46. The number of anilines is 1. The minimum atomic E-state index is -0.752. The maximum atomic E-state index is 12.8. The molecule has 1 aromatic heterocycles. The first kappa shape index (κ1) is 27.1. The molecule has 0 aliphatic carbocycles. The summed E-state index contributed by atoms with van der Waals surface area (Å²) in [5, 5.41) is 45.5. The predicted octanol–water partition coefficient (Wildman–Crippen LogP) is 2.59. The number of azo groups is 1. The third-order valence-electron chi connectivity index (χ3n) is 5.23. The van der Waals surface area contributed by atoms with Gasteiger partial charge in [-0.05, 0) is 42.8 Å². The van der Waals surface area contributed by atoms with E-state index in [1.165, 1.54) is 13.0 Å². The molecule has 2 aromatic rings. The Labute approximate surface area is 215 Å². The summed E-state index contributed by atoms with van der Waals surface area (Å²) >= 11 is 7.31. The molecule has 2 heterocycles. The molecule has 36 heavy (non-hydrogen) atoms. The number of hydrogen-bond donors (Lipinski definition) is 3. The summed E-state index contributed by atoms with van der Waals surface area (Å²) in [4.78, 5) is 32.4. The molecule has 11 nitrogen and oxygen atoms in total.